The smallest absolute Gasteiger partial charge is 0.417 e. The zero-order chi connectivity index (χ0) is 13.0. The molecule has 1 atom stereocenters. The zero-order valence-corrected chi connectivity index (χ0v) is 12.0. The Hall–Kier alpha value is -0.620. The normalized spacial score (nSPS) is 24.4. The van der Waals surface area contributed by atoms with E-state index in [0.29, 0.717) is 6.54 Å². The molecule has 0 bridgehead atoms. The van der Waals surface area contributed by atoms with Gasteiger partial charge in [0.15, 0.2) is 6.10 Å². The number of ether oxygens (including phenoxy) is 1. The summed E-state index contributed by atoms with van der Waals surface area (Å²) in [5.41, 5.74) is 0. The molecule has 4 nitrogen and oxygen atoms in total. The van der Waals surface area contributed by atoms with Crippen molar-refractivity contribution in [3.63, 3.8) is 0 Å². The minimum atomic E-state index is -0.611. The lowest BCUT2D eigenvalue weighted by Crippen LogP contribution is -2.31. The first kappa shape index (κ1) is 13.8. The number of imide groups is 1. The van der Waals surface area contributed by atoms with Gasteiger partial charge in [-0.2, -0.15) is 0 Å². The van der Waals surface area contributed by atoms with Gasteiger partial charge in [0.05, 0.1) is 0 Å². The minimum absolute atomic E-state index is 0.214. The van der Waals surface area contributed by atoms with E-state index in [9.17, 15) is 9.59 Å². The Labute approximate surface area is 115 Å². The molecule has 0 aliphatic carbocycles. The fraction of sp³-hybridized carbons (Fsp3) is 0.667. The first-order valence-electron chi connectivity index (χ1n) is 6.16. The van der Waals surface area contributed by atoms with Crippen molar-refractivity contribution in [3.05, 3.63) is 10.3 Å². The molecular weight excluding hydrogens is 270 g/mol. The first-order chi connectivity index (χ1) is 8.68. The SMILES string of the molecule is C[C@H]1OC(=O)N(CCCC=C2SCCCS2)C1=O. The average Bonchev–Trinajstić information content (AvgIpc) is 2.61. The molecule has 6 heteroatoms. The van der Waals surface area contributed by atoms with Gasteiger partial charge in [-0.05, 0) is 37.7 Å². The van der Waals surface area contributed by atoms with Crippen LogP contribution >= 0.6 is 23.5 Å². The highest BCUT2D eigenvalue weighted by Gasteiger charge is 2.36. The largest absolute Gasteiger partial charge is 0.436 e. The van der Waals surface area contributed by atoms with Crippen molar-refractivity contribution in [1.29, 1.82) is 0 Å². The fourth-order valence-corrected chi connectivity index (χ4v) is 4.28. The third-order valence-corrected chi connectivity index (χ3v) is 5.38. The highest BCUT2D eigenvalue weighted by molar-refractivity contribution is 8.22. The lowest BCUT2D eigenvalue weighted by Gasteiger charge is -2.13. The van der Waals surface area contributed by atoms with Crippen LogP contribution in [0.1, 0.15) is 26.2 Å². The van der Waals surface area contributed by atoms with Crippen LogP contribution in [0.15, 0.2) is 10.3 Å². The van der Waals surface area contributed by atoms with E-state index in [0.717, 1.165) is 12.8 Å². The number of unbranched alkanes of at least 4 members (excludes halogenated alkanes) is 1. The van der Waals surface area contributed by atoms with Gasteiger partial charge in [-0.25, -0.2) is 9.69 Å². The van der Waals surface area contributed by atoms with Crippen molar-refractivity contribution in [1.82, 2.24) is 4.90 Å². The van der Waals surface area contributed by atoms with Crippen molar-refractivity contribution in [2.75, 3.05) is 18.1 Å². The van der Waals surface area contributed by atoms with Gasteiger partial charge in [0.1, 0.15) is 0 Å². The third kappa shape index (κ3) is 3.45. The van der Waals surface area contributed by atoms with Crippen molar-refractivity contribution < 1.29 is 14.3 Å². The number of hydrogen-bond donors (Lipinski definition) is 0. The molecule has 2 aliphatic heterocycles. The van der Waals surface area contributed by atoms with Crippen LogP contribution in [-0.4, -0.2) is 41.1 Å². The van der Waals surface area contributed by atoms with E-state index in [2.05, 4.69) is 6.08 Å². The molecule has 2 amide bonds. The average molecular weight is 287 g/mol. The Morgan fingerprint density at radius 1 is 1.39 bits per heavy atom. The number of thioether (sulfide) groups is 2. The highest BCUT2D eigenvalue weighted by atomic mass is 32.2. The molecule has 0 aromatic carbocycles. The van der Waals surface area contributed by atoms with E-state index in [1.54, 1.807) is 6.92 Å². The number of amides is 2. The number of carbonyl (C=O) groups excluding carboxylic acids is 2. The molecule has 2 aliphatic rings. The number of hydrogen-bond acceptors (Lipinski definition) is 5. The summed E-state index contributed by atoms with van der Waals surface area (Å²) in [5.74, 6) is 2.19. The number of allylic oxidation sites excluding steroid dienone is 1. The van der Waals surface area contributed by atoms with Crippen LogP contribution in [0.4, 0.5) is 4.79 Å². The van der Waals surface area contributed by atoms with Crippen LogP contribution in [0.3, 0.4) is 0 Å². The summed E-state index contributed by atoms with van der Waals surface area (Å²) >= 11 is 3.80. The van der Waals surface area contributed by atoms with Gasteiger partial charge in [-0.3, -0.25) is 4.79 Å². The Morgan fingerprint density at radius 3 is 2.72 bits per heavy atom. The quantitative estimate of drug-likeness (QED) is 0.744. The van der Waals surface area contributed by atoms with E-state index in [4.69, 9.17) is 4.74 Å². The molecule has 2 rings (SSSR count). The molecule has 0 saturated carbocycles. The summed E-state index contributed by atoms with van der Waals surface area (Å²) in [4.78, 5) is 24.1. The van der Waals surface area contributed by atoms with Gasteiger partial charge in [0.25, 0.3) is 5.91 Å². The second-order valence-corrected chi connectivity index (χ2v) is 6.76. The zero-order valence-electron chi connectivity index (χ0n) is 10.4. The molecule has 0 radical (unpaired) electrons. The summed E-state index contributed by atoms with van der Waals surface area (Å²) in [7, 11) is 0. The van der Waals surface area contributed by atoms with Crippen LogP contribution in [0.2, 0.25) is 0 Å². The molecule has 0 N–H and O–H groups in total. The predicted octanol–water partition coefficient (Wildman–Crippen LogP) is 2.85. The summed E-state index contributed by atoms with van der Waals surface area (Å²) < 4.78 is 6.23. The molecule has 0 aromatic rings. The van der Waals surface area contributed by atoms with Gasteiger partial charge in [-0.1, -0.05) is 6.08 Å². The van der Waals surface area contributed by atoms with Crippen LogP contribution < -0.4 is 0 Å². The fourth-order valence-electron chi connectivity index (χ4n) is 1.81. The van der Waals surface area contributed by atoms with E-state index in [1.807, 2.05) is 23.5 Å². The third-order valence-electron chi connectivity index (χ3n) is 2.79. The van der Waals surface area contributed by atoms with Gasteiger partial charge in [-0.15, -0.1) is 23.5 Å². The molecular formula is C12H17NO3S2. The second kappa shape index (κ2) is 6.52. The minimum Gasteiger partial charge on any atom is -0.436 e. The Kier molecular flexibility index (Phi) is 5.00. The van der Waals surface area contributed by atoms with Gasteiger partial charge in [0, 0.05) is 10.8 Å². The molecule has 2 heterocycles. The monoisotopic (exact) mass is 287 g/mol. The lowest BCUT2D eigenvalue weighted by atomic mass is 10.3. The Morgan fingerprint density at radius 2 is 2.11 bits per heavy atom. The van der Waals surface area contributed by atoms with Crippen molar-refractivity contribution >= 4 is 35.5 Å². The molecule has 100 valence electrons. The molecule has 2 saturated heterocycles. The van der Waals surface area contributed by atoms with E-state index in [1.165, 1.54) is 27.1 Å². The van der Waals surface area contributed by atoms with Crippen molar-refractivity contribution in [2.24, 2.45) is 0 Å². The topological polar surface area (TPSA) is 46.6 Å². The molecule has 18 heavy (non-hydrogen) atoms. The van der Waals surface area contributed by atoms with Gasteiger partial charge >= 0.3 is 6.09 Å². The Bertz CT molecular complexity index is 362. The van der Waals surface area contributed by atoms with Crippen LogP contribution in [-0.2, 0) is 9.53 Å². The van der Waals surface area contributed by atoms with E-state index in [-0.39, 0.29) is 5.91 Å². The number of cyclic esters (lactones) is 1. The summed E-state index contributed by atoms with van der Waals surface area (Å²) in [6.45, 7) is 2.07. The summed E-state index contributed by atoms with van der Waals surface area (Å²) in [6, 6.07) is 0. The predicted molar refractivity (Wildman–Crippen MR) is 74.5 cm³/mol. The number of rotatable bonds is 4. The van der Waals surface area contributed by atoms with E-state index < -0.39 is 12.2 Å². The van der Waals surface area contributed by atoms with Crippen LogP contribution in [0.5, 0.6) is 0 Å². The summed E-state index contributed by atoms with van der Waals surface area (Å²) in [5, 5.41) is 0. The molecule has 2 fully saturated rings. The van der Waals surface area contributed by atoms with E-state index >= 15 is 0 Å². The maximum absolute atomic E-state index is 11.6. The highest BCUT2D eigenvalue weighted by Crippen LogP contribution is 2.34. The van der Waals surface area contributed by atoms with Gasteiger partial charge in [0.2, 0.25) is 0 Å². The van der Waals surface area contributed by atoms with Crippen molar-refractivity contribution in [3.8, 4) is 0 Å². The number of carbonyl (C=O) groups is 2. The van der Waals surface area contributed by atoms with Gasteiger partial charge < -0.3 is 4.74 Å². The van der Waals surface area contributed by atoms with Crippen LogP contribution in [0.25, 0.3) is 0 Å². The standard InChI is InChI=1S/C12H17NO3S2/c1-9-11(14)13(12(15)16-9)6-3-2-5-10-17-7-4-8-18-10/h5,9H,2-4,6-8H2,1H3/t9-/m1/s1. The first-order valence-corrected chi connectivity index (χ1v) is 8.13. The summed E-state index contributed by atoms with van der Waals surface area (Å²) in [6.07, 6.45) is 4.09. The Balaban J connectivity index is 1.72. The van der Waals surface area contributed by atoms with Crippen molar-refractivity contribution in [2.45, 2.75) is 32.3 Å². The second-order valence-electron chi connectivity index (χ2n) is 4.23. The molecule has 0 spiro atoms. The maximum atomic E-state index is 11.6. The number of nitrogens with zero attached hydrogens (tertiary/aromatic N) is 1. The lowest BCUT2D eigenvalue weighted by molar-refractivity contribution is -0.129. The van der Waals surface area contributed by atoms with Crippen LogP contribution in [0, 0.1) is 0 Å². The maximum Gasteiger partial charge on any atom is 0.417 e. The molecule has 0 aromatic heterocycles. The molecule has 0 unspecified atom stereocenters.